The maximum Gasteiger partial charge on any atom is 0.307 e. The Kier molecular flexibility index (Phi) is 14.5. The number of aliphatic carboxylic acids is 1. The van der Waals surface area contributed by atoms with Crippen molar-refractivity contribution in [3.05, 3.63) is 35.9 Å². The van der Waals surface area contributed by atoms with E-state index in [9.17, 15) is 33.9 Å². The van der Waals surface area contributed by atoms with E-state index in [-0.39, 0.29) is 31.8 Å². The molecule has 1 amide bonds. The van der Waals surface area contributed by atoms with Crippen LogP contribution in [0.15, 0.2) is 30.3 Å². The fourth-order valence-electron chi connectivity index (χ4n) is 4.07. The zero-order valence-electron chi connectivity index (χ0n) is 26.6. The Morgan fingerprint density at radius 3 is 1.84 bits per heavy atom. The Morgan fingerprint density at radius 1 is 0.791 bits per heavy atom. The summed E-state index contributed by atoms with van der Waals surface area (Å²) >= 11 is 0. The zero-order chi connectivity index (χ0) is 33.0. The third kappa shape index (κ3) is 15.9. The number of carboxylic acids is 1. The molecule has 1 aromatic carbocycles. The summed E-state index contributed by atoms with van der Waals surface area (Å²) in [6.07, 6.45) is -1.73. The summed E-state index contributed by atoms with van der Waals surface area (Å²) in [5.41, 5.74) is -0.889. The molecule has 0 bridgehead atoms. The van der Waals surface area contributed by atoms with Crippen LogP contribution in [0.1, 0.15) is 93.1 Å². The van der Waals surface area contributed by atoms with Crippen LogP contribution >= 0.6 is 0 Å². The van der Waals surface area contributed by atoms with Crippen molar-refractivity contribution in [1.82, 2.24) is 5.32 Å². The maximum atomic E-state index is 13.5. The van der Waals surface area contributed by atoms with Gasteiger partial charge in [-0.05, 0) is 59.4 Å². The molecular formula is C32H47NO10. The minimum absolute atomic E-state index is 0.0385. The van der Waals surface area contributed by atoms with Gasteiger partial charge >= 0.3 is 23.9 Å². The second-order valence-corrected chi connectivity index (χ2v) is 12.9. The van der Waals surface area contributed by atoms with Gasteiger partial charge in [0.25, 0.3) is 0 Å². The molecule has 1 rings (SSSR count). The molecule has 11 heteroatoms. The summed E-state index contributed by atoms with van der Waals surface area (Å²) in [5, 5.41) is 12.2. The second kappa shape index (κ2) is 16.8. The number of ether oxygens (including phenoxy) is 3. The monoisotopic (exact) mass is 605 g/mol. The van der Waals surface area contributed by atoms with Gasteiger partial charge in [-0.2, -0.15) is 0 Å². The average Bonchev–Trinajstić information content (AvgIpc) is 2.85. The highest BCUT2D eigenvalue weighted by atomic mass is 16.6. The molecular weight excluding hydrogens is 558 g/mol. The molecule has 0 aromatic heterocycles. The lowest BCUT2D eigenvalue weighted by Crippen LogP contribution is -2.46. The normalized spacial score (nSPS) is 13.8. The summed E-state index contributed by atoms with van der Waals surface area (Å²) < 4.78 is 16.0. The largest absolute Gasteiger partial charge is 0.481 e. The van der Waals surface area contributed by atoms with Crippen LogP contribution in [0.5, 0.6) is 0 Å². The first-order chi connectivity index (χ1) is 19.8. The number of benzene rings is 1. The van der Waals surface area contributed by atoms with Crippen LogP contribution in [0.3, 0.4) is 0 Å². The molecule has 0 radical (unpaired) electrons. The van der Waals surface area contributed by atoms with Crippen LogP contribution in [0.2, 0.25) is 0 Å². The van der Waals surface area contributed by atoms with Crippen LogP contribution in [-0.4, -0.2) is 57.9 Å². The second-order valence-electron chi connectivity index (χ2n) is 12.9. The average molecular weight is 606 g/mol. The molecule has 1 aromatic rings. The molecule has 0 fully saturated rings. The van der Waals surface area contributed by atoms with Crippen LogP contribution in [-0.2, 0) is 49.6 Å². The molecule has 43 heavy (non-hydrogen) atoms. The third-order valence-corrected chi connectivity index (χ3v) is 6.16. The number of rotatable bonds is 16. The van der Waals surface area contributed by atoms with Gasteiger partial charge in [0.15, 0.2) is 5.78 Å². The van der Waals surface area contributed by atoms with Crippen LogP contribution < -0.4 is 5.32 Å². The van der Waals surface area contributed by atoms with Crippen molar-refractivity contribution in [2.75, 3.05) is 0 Å². The maximum absolute atomic E-state index is 13.5. The molecule has 0 spiro atoms. The van der Waals surface area contributed by atoms with Gasteiger partial charge in [-0.3, -0.25) is 28.8 Å². The minimum Gasteiger partial charge on any atom is -0.481 e. The molecule has 0 saturated carbocycles. The van der Waals surface area contributed by atoms with Crippen molar-refractivity contribution in [1.29, 1.82) is 0 Å². The number of amides is 1. The van der Waals surface area contributed by atoms with Gasteiger partial charge in [0.1, 0.15) is 17.8 Å². The van der Waals surface area contributed by atoms with Crippen molar-refractivity contribution >= 4 is 35.6 Å². The van der Waals surface area contributed by atoms with Gasteiger partial charge in [0, 0.05) is 12.8 Å². The summed E-state index contributed by atoms with van der Waals surface area (Å²) in [6.45, 7) is 13.3. The van der Waals surface area contributed by atoms with Crippen LogP contribution in [0, 0.1) is 17.8 Å². The lowest BCUT2D eigenvalue weighted by molar-refractivity contribution is -0.158. The first kappa shape index (κ1) is 37.3. The van der Waals surface area contributed by atoms with Gasteiger partial charge in [0.05, 0.1) is 30.7 Å². The van der Waals surface area contributed by atoms with E-state index in [0.717, 1.165) is 5.56 Å². The fraction of sp³-hybridized carbons (Fsp3) is 0.625. The predicted octanol–water partition coefficient (Wildman–Crippen LogP) is 4.39. The van der Waals surface area contributed by atoms with Crippen molar-refractivity contribution in [3.8, 4) is 0 Å². The smallest absolute Gasteiger partial charge is 0.307 e. The van der Waals surface area contributed by atoms with Gasteiger partial charge in [-0.1, -0.05) is 44.2 Å². The lowest BCUT2D eigenvalue weighted by atomic mass is 9.88. The molecule has 11 nitrogen and oxygen atoms in total. The molecule has 0 aliphatic heterocycles. The summed E-state index contributed by atoms with van der Waals surface area (Å²) in [6, 6.07) is 7.64. The standard InChI is InChI=1S/C32H47NO10/c1-20(2)23(30(39)40)18-25(34)24(14-15-26(35)42-31(3,4)5)33-29(38)22(17-28(37)43-32(6,7)8)16-27(36)41-19-21-12-10-9-11-13-21/h9-13,20,22-24H,14-19H2,1-8H3,(H,33,38)(H,39,40)/t22-,23-,24-/m0/s1. The summed E-state index contributed by atoms with van der Waals surface area (Å²) in [7, 11) is 0. The number of Topliss-reactive ketones (excluding diaryl/α,β-unsaturated/α-hetero) is 1. The quantitative estimate of drug-likeness (QED) is 0.204. The third-order valence-electron chi connectivity index (χ3n) is 6.16. The van der Waals surface area contributed by atoms with Crippen LogP contribution in [0.4, 0.5) is 0 Å². The van der Waals surface area contributed by atoms with E-state index < -0.39 is 77.5 Å². The number of carbonyl (C=O) groups excluding carboxylic acids is 5. The highest BCUT2D eigenvalue weighted by Crippen LogP contribution is 2.21. The first-order valence-electron chi connectivity index (χ1n) is 14.5. The Morgan fingerprint density at radius 2 is 1.33 bits per heavy atom. The fourth-order valence-corrected chi connectivity index (χ4v) is 4.07. The van der Waals surface area contributed by atoms with Crippen molar-refractivity contribution in [2.24, 2.45) is 17.8 Å². The molecule has 2 N–H and O–H groups in total. The molecule has 0 unspecified atom stereocenters. The van der Waals surface area contributed by atoms with Gasteiger partial charge < -0.3 is 24.6 Å². The topological polar surface area (TPSA) is 162 Å². The van der Waals surface area contributed by atoms with Crippen molar-refractivity contribution < 1.29 is 48.1 Å². The highest BCUT2D eigenvalue weighted by molar-refractivity contribution is 5.94. The Balaban J connectivity index is 3.17. The highest BCUT2D eigenvalue weighted by Gasteiger charge is 2.34. The van der Waals surface area contributed by atoms with E-state index >= 15 is 0 Å². The SMILES string of the molecule is CC(C)[C@H](CC(=O)[C@H](CCC(=O)OC(C)(C)C)NC(=O)[C@@H](CC(=O)OCc1ccccc1)CC(=O)OC(C)(C)C)C(=O)O. The zero-order valence-corrected chi connectivity index (χ0v) is 26.6. The van der Waals surface area contributed by atoms with E-state index in [1.165, 1.54) is 0 Å². The summed E-state index contributed by atoms with van der Waals surface area (Å²) in [4.78, 5) is 76.3. The van der Waals surface area contributed by atoms with Crippen molar-refractivity contribution in [2.45, 2.75) is 111 Å². The Bertz CT molecular complexity index is 1120. The minimum atomic E-state index is -1.26. The van der Waals surface area contributed by atoms with E-state index in [1.807, 2.05) is 6.07 Å². The van der Waals surface area contributed by atoms with Crippen molar-refractivity contribution in [3.63, 3.8) is 0 Å². The first-order valence-corrected chi connectivity index (χ1v) is 14.5. The number of carboxylic acid groups (broad SMARTS) is 1. The molecule has 0 saturated heterocycles. The molecule has 0 aliphatic rings. The number of hydrogen-bond donors (Lipinski definition) is 2. The Hall–Kier alpha value is -3.76. The lowest BCUT2D eigenvalue weighted by Gasteiger charge is -2.25. The van der Waals surface area contributed by atoms with Crippen LogP contribution in [0.25, 0.3) is 0 Å². The number of esters is 3. The molecule has 3 atom stereocenters. The van der Waals surface area contributed by atoms with Gasteiger partial charge in [0.2, 0.25) is 5.91 Å². The number of nitrogens with one attached hydrogen (secondary N) is 1. The molecule has 0 heterocycles. The summed E-state index contributed by atoms with van der Waals surface area (Å²) in [5.74, 6) is -7.28. The number of carbonyl (C=O) groups is 6. The molecule has 0 aliphatic carbocycles. The Labute approximate surface area is 254 Å². The van der Waals surface area contributed by atoms with E-state index in [0.29, 0.717) is 0 Å². The van der Waals surface area contributed by atoms with Gasteiger partial charge in [-0.25, -0.2) is 0 Å². The number of ketones is 1. The predicted molar refractivity (Wildman–Crippen MR) is 157 cm³/mol. The number of hydrogen-bond acceptors (Lipinski definition) is 9. The van der Waals surface area contributed by atoms with E-state index in [4.69, 9.17) is 14.2 Å². The van der Waals surface area contributed by atoms with E-state index in [2.05, 4.69) is 5.32 Å². The van der Waals surface area contributed by atoms with E-state index in [1.54, 1.807) is 79.7 Å². The van der Waals surface area contributed by atoms with Gasteiger partial charge in [-0.15, -0.1) is 0 Å². The molecule has 240 valence electrons.